The van der Waals surface area contributed by atoms with Crippen LogP contribution in [0.4, 0.5) is 0 Å². The molecule has 3 heterocycles. The van der Waals surface area contributed by atoms with Crippen LogP contribution in [0.2, 0.25) is 0 Å². The van der Waals surface area contributed by atoms with E-state index in [0.29, 0.717) is 19.8 Å². The van der Waals surface area contributed by atoms with E-state index in [9.17, 15) is 4.79 Å². The zero-order valence-corrected chi connectivity index (χ0v) is 25.3. The minimum absolute atomic E-state index is 0. The molecule has 0 fully saturated rings. The smallest absolute Gasteiger partial charge is 0.310 e. The molecule has 0 N–H and O–H groups in total. The summed E-state index contributed by atoms with van der Waals surface area (Å²) in [5, 5.41) is 2.14. The van der Waals surface area contributed by atoms with Gasteiger partial charge in [0.25, 0.3) is 0 Å². The number of fused-ring (bicyclic) bond motifs is 5. The van der Waals surface area contributed by atoms with Crippen molar-refractivity contribution in [1.82, 2.24) is 0 Å². The normalized spacial score (nSPS) is 12.6. The molecule has 0 unspecified atom stereocenters. The lowest BCUT2D eigenvalue weighted by Gasteiger charge is -2.18. The van der Waals surface area contributed by atoms with E-state index in [1.54, 1.807) is 7.11 Å². The molecule has 43 heavy (non-hydrogen) atoms. The number of hydrogen-bond donors (Lipinski definition) is 0. The molecule has 8 nitrogen and oxygen atoms in total. The highest BCUT2D eigenvalue weighted by atomic mass is 35.5. The van der Waals surface area contributed by atoms with E-state index < -0.39 is 0 Å². The van der Waals surface area contributed by atoms with Crippen molar-refractivity contribution in [3.63, 3.8) is 0 Å². The highest BCUT2D eigenvalue weighted by Crippen LogP contribution is 2.41. The molecule has 0 aliphatic carbocycles. The van der Waals surface area contributed by atoms with Crippen LogP contribution in [0.3, 0.4) is 0 Å². The maximum Gasteiger partial charge on any atom is 0.310 e. The van der Waals surface area contributed by atoms with Crippen molar-refractivity contribution < 1.29 is 50.2 Å². The minimum Gasteiger partial charge on any atom is -1.00 e. The van der Waals surface area contributed by atoms with Crippen LogP contribution in [0, 0.1) is 0 Å². The summed E-state index contributed by atoms with van der Waals surface area (Å²) in [4.78, 5) is 11.6. The van der Waals surface area contributed by atoms with Gasteiger partial charge in [0.05, 0.1) is 44.3 Å². The van der Waals surface area contributed by atoms with Gasteiger partial charge in [-0.2, -0.15) is 4.57 Å². The highest BCUT2D eigenvalue weighted by molar-refractivity contribution is 5.91. The molecule has 0 amide bonds. The molecule has 0 bridgehead atoms. The number of aromatic nitrogens is 1. The van der Waals surface area contributed by atoms with E-state index in [0.717, 1.165) is 83.0 Å². The first-order valence-corrected chi connectivity index (χ1v) is 14.6. The van der Waals surface area contributed by atoms with Crippen LogP contribution in [0.25, 0.3) is 22.0 Å². The Hall–Kier alpha value is -4.17. The monoisotopic (exact) mass is 605 g/mol. The number of aryl methyl sites for hydroxylation is 2. The first kappa shape index (κ1) is 30.3. The molecule has 4 aromatic rings. The number of nitrogens with zero attached hydrogens (tertiary/aromatic N) is 1. The van der Waals surface area contributed by atoms with Crippen LogP contribution in [0.5, 0.6) is 28.7 Å². The molecule has 3 aromatic carbocycles. The standard InChI is InChI=1S/C34H36NO7.ClH/c1-3-38-33(36)17-23-7-10-26(11-8-23)39-15-5-4-6-16-40-34-28-21-35-14-13-25-19-31-32(42-22-41-31)20-27(25)29(35)18-24(28)9-12-30(34)37-2;/h7-12,18-21H,3-6,13-17,22H2,1-2H3;1H/q+1;/p-1. The zero-order chi connectivity index (χ0) is 28.9. The number of methoxy groups -OCH3 is 1. The number of benzene rings is 3. The molecular weight excluding hydrogens is 570 g/mol. The molecular formula is C34H36ClNO7. The topological polar surface area (TPSA) is 76.3 Å². The van der Waals surface area contributed by atoms with Gasteiger partial charge in [0.1, 0.15) is 5.75 Å². The number of hydrogen-bond acceptors (Lipinski definition) is 7. The fourth-order valence-corrected chi connectivity index (χ4v) is 5.53. The van der Waals surface area contributed by atoms with Crippen LogP contribution in [-0.4, -0.2) is 39.7 Å². The van der Waals surface area contributed by atoms with Gasteiger partial charge in [-0.15, -0.1) is 0 Å². The fraction of sp³-hybridized carbons (Fsp3) is 0.353. The number of pyridine rings is 1. The first-order chi connectivity index (χ1) is 20.6. The van der Waals surface area contributed by atoms with E-state index in [1.807, 2.05) is 37.3 Å². The Morgan fingerprint density at radius 3 is 2.47 bits per heavy atom. The van der Waals surface area contributed by atoms with Gasteiger partial charge in [-0.25, -0.2) is 0 Å². The second-order valence-electron chi connectivity index (χ2n) is 10.4. The predicted octanol–water partition coefficient (Wildman–Crippen LogP) is 2.83. The third kappa shape index (κ3) is 6.75. The van der Waals surface area contributed by atoms with Crippen molar-refractivity contribution in [1.29, 1.82) is 0 Å². The second-order valence-corrected chi connectivity index (χ2v) is 10.4. The van der Waals surface area contributed by atoms with Crippen molar-refractivity contribution in [3.8, 4) is 40.0 Å². The molecule has 1 aromatic heterocycles. The van der Waals surface area contributed by atoms with Gasteiger partial charge in [-0.05, 0) is 79.1 Å². The Bertz CT molecular complexity index is 1590. The largest absolute Gasteiger partial charge is 1.00 e. The average Bonchev–Trinajstić information content (AvgIpc) is 3.47. The lowest BCUT2D eigenvalue weighted by molar-refractivity contribution is -0.686. The molecule has 9 heteroatoms. The summed E-state index contributed by atoms with van der Waals surface area (Å²) in [6.45, 7) is 4.57. The number of unbranched alkanes of at least 4 members (excludes halogenated alkanes) is 2. The fourth-order valence-electron chi connectivity index (χ4n) is 5.53. The van der Waals surface area contributed by atoms with E-state index in [2.05, 4.69) is 35.0 Å². The van der Waals surface area contributed by atoms with E-state index in [-0.39, 0.29) is 31.6 Å². The lowest BCUT2D eigenvalue weighted by atomic mass is 9.95. The third-order valence-electron chi connectivity index (χ3n) is 7.68. The minimum atomic E-state index is -0.215. The van der Waals surface area contributed by atoms with E-state index in [1.165, 1.54) is 11.1 Å². The van der Waals surface area contributed by atoms with Crippen molar-refractivity contribution in [2.24, 2.45) is 0 Å². The summed E-state index contributed by atoms with van der Waals surface area (Å²) >= 11 is 0. The maximum atomic E-state index is 11.6. The van der Waals surface area contributed by atoms with Crippen LogP contribution in [0.15, 0.2) is 60.8 Å². The zero-order valence-electron chi connectivity index (χ0n) is 24.5. The van der Waals surface area contributed by atoms with Crippen LogP contribution in [-0.2, 0) is 28.9 Å². The number of carbonyl (C=O) groups excluding carboxylic acids is 1. The average molecular weight is 606 g/mol. The van der Waals surface area contributed by atoms with Gasteiger partial charge < -0.3 is 40.8 Å². The van der Waals surface area contributed by atoms with Crippen molar-refractivity contribution in [2.75, 3.05) is 33.7 Å². The molecule has 0 spiro atoms. The molecule has 0 radical (unpaired) electrons. The van der Waals surface area contributed by atoms with Crippen molar-refractivity contribution in [3.05, 3.63) is 71.9 Å². The Morgan fingerprint density at radius 1 is 0.930 bits per heavy atom. The summed E-state index contributed by atoms with van der Waals surface area (Å²) in [5.41, 5.74) is 4.53. The highest BCUT2D eigenvalue weighted by Gasteiger charge is 2.28. The number of ether oxygens (including phenoxy) is 6. The summed E-state index contributed by atoms with van der Waals surface area (Å²) < 4.78 is 36.4. The Labute approximate surface area is 257 Å². The number of carbonyl (C=O) groups is 1. The molecule has 2 aliphatic heterocycles. The Balaban J connectivity index is 0.00000368. The van der Waals surface area contributed by atoms with Crippen molar-refractivity contribution >= 4 is 16.7 Å². The van der Waals surface area contributed by atoms with Gasteiger partial charge in [0.15, 0.2) is 35.7 Å². The van der Waals surface area contributed by atoms with E-state index >= 15 is 0 Å². The summed E-state index contributed by atoms with van der Waals surface area (Å²) in [7, 11) is 1.68. The van der Waals surface area contributed by atoms with Gasteiger partial charge in [0, 0.05) is 12.5 Å². The number of halogens is 1. The van der Waals surface area contributed by atoms with Gasteiger partial charge >= 0.3 is 5.97 Å². The summed E-state index contributed by atoms with van der Waals surface area (Å²) in [6.07, 6.45) is 6.18. The molecule has 226 valence electrons. The summed E-state index contributed by atoms with van der Waals surface area (Å²) in [6, 6.07) is 18.1. The van der Waals surface area contributed by atoms with Gasteiger partial charge in [-0.3, -0.25) is 4.79 Å². The molecule has 0 saturated heterocycles. The third-order valence-corrected chi connectivity index (χ3v) is 7.68. The van der Waals surface area contributed by atoms with Crippen LogP contribution < -0.4 is 40.7 Å². The molecule has 6 rings (SSSR count). The Kier molecular flexibility index (Phi) is 9.77. The van der Waals surface area contributed by atoms with Crippen LogP contribution >= 0.6 is 0 Å². The van der Waals surface area contributed by atoms with Gasteiger partial charge in [-0.1, -0.05) is 12.1 Å². The lowest BCUT2D eigenvalue weighted by Crippen LogP contribution is -3.00. The second kappa shape index (κ2) is 13.9. The van der Waals surface area contributed by atoms with E-state index in [4.69, 9.17) is 28.4 Å². The molecule has 0 atom stereocenters. The molecule has 2 aliphatic rings. The SMILES string of the molecule is CCOC(=O)Cc1ccc(OCCCCCOc2c(OC)ccc3cc4[n+](cc23)CCc2cc3c(cc2-4)OCO3)cc1.[Cl-]. The number of rotatable bonds is 12. The number of esters is 1. The van der Waals surface area contributed by atoms with Gasteiger partial charge in [0.2, 0.25) is 12.5 Å². The maximum absolute atomic E-state index is 11.6. The predicted molar refractivity (Wildman–Crippen MR) is 158 cm³/mol. The quantitative estimate of drug-likeness (QED) is 0.140. The molecule has 0 saturated carbocycles. The Morgan fingerprint density at radius 2 is 1.70 bits per heavy atom. The van der Waals surface area contributed by atoms with Crippen molar-refractivity contribution in [2.45, 2.75) is 45.6 Å². The summed E-state index contributed by atoms with van der Waals surface area (Å²) in [5.74, 6) is 3.73. The van der Waals surface area contributed by atoms with Crippen LogP contribution in [0.1, 0.15) is 37.3 Å². The first-order valence-electron chi connectivity index (χ1n) is 14.6.